The Morgan fingerprint density at radius 1 is 1.03 bits per heavy atom. The van der Waals surface area contributed by atoms with Crippen LogP contribution in [0.25, 0.3) is 0 Å². The SMILES string of the molecule is C[C@H]1[C@H](NC(=O)N2CCN(C)CC2)CC2C(C)(C)CCC[C@]2(C)[C@H]1CCNC(=O)c1ccc(C(F)(F)F)cc1. The first kappa shape index (κ1) is 29.7. The van der Waals surface area contributed by atoms with Crippen molar-refractivity contribution in [2.24, 2.45) is 28.6 Å². The molecule has 3 amide bonds. The molecule has 0 bridgehead atoms. The summed E-state index contributed by atoms with van der Waals surface area (Å²) in [5, 5.41) is 6.35. The molecule has 1 aliphatic heterocycles. The zero-order chi connectivity index (χ0) is 28.6. The van der Waals surface area contributed by atoms with Crippen molar-refractivity contribution in [1.82, 2.24) is 20.4 Å². The van der Waals surface area contributed by atoms with Crippen molar-refractivity contribution in [2.75, 3.05) is 39.8 Å². The molecule has 6 nitrogen and oxygen atoms in total. The highest BCUT2D eigenvalue weighted by molar-refractivity contribution is 5.94. The maximum absolute atomic E-state index is 13.2. The van der Waals surface area contributed by atoms with Gasteiger partial charge in [-0.2, -0.15) is 13.2 Å². The monoisotopic (exact) mass is 550 g/mol. The molecule has 1 heterocycles. The lowest BCUT2D eigenvalue weighted by atomic mass is 9.45. The van der Waals surface area contributed by atoms with Gasteiger partial charge in [-0.3, -0.25) is 4.79 Å². The van der Waals surface area contributed by atoms with Gasteiger partial charge in [0.25, 0.3) is 5.91 Å². The van der Waals surface area contributed by atoms with Crippen molar-refractivity contribution in [3.8, 4) is 0 Å². The number of nitrogens with zero attached hydrogens (tertiary/aromatic N) is 2. The second-order valence-electron chi connectivity index (χ2n) is 13.1. The Hall–Kier alpha value is -2.29. The summed E-state index contributed by atoms with van der Waals surface area (Å²) in [6.07, 6.45) is 0.748. The first-order valence-electron chi connectivity index (χ1n) is 14.4. The number of alkyl halides is 3. The number of hydrogen-bond donors (Lipinski definition) is 2. The van der Waals surface area contributed by atoms with Crippen molar-refractivity contribution < 1.29 is 22.8 Å². The van der Waals surface area contributed by atoms with E-state index >= 15 is 0 Å². The highest BCUT2D eigenvalue weighted by atomic mass is 19.4. The van der Waals surface area contributed by atoms with E-state index in [-0.39, 0.29) is 40.3 Å². The van der Waals surface area contributed by atoms with Gasteiger partial charge in [0.05, 0.1) is 5.56 Å². The van der Waals surface area contributed by atoms with E-state index in [0.717, 1.165) is 64.0 Å². The minimum atomic E-state index is -4.43. The van der Waals surface area contributed by atoms with E-state index in [4.69, 9.17) is 0 Å². The fourth-order valence-corrected chi connectivity index (χ4v) is 7.84. The Labute approximate surface area is 231 Å². The molecule has 5 atom stereocenters. The van der Waals surface area contributed by atoms with Crippen LogP contribution in [0.1, 0.15) is 75.7 Å². The van der Waals surface area contributed by atoms with Crippen LogP contribution in [0.3, 0.4) is 0 Å². The van der Waals surface area contributed by atoms with Crippen LogP contribution in [0.2, 0.25) is 0 Å². The van der Waals surface area contributed by atoms with Crippen molar-refractivity contribution in [3.05, 3.63) is 35.4 Å². The number of likely N-dealkylation sites (N-methyl/N-ethyl adjacent to an activating group) is 1. The molecule has 4 rings (SSSR count). The van der Waals surface area contributed by atoms with Crippen LogP contribution in [0.5, 0.6) is 0 Å². The largest absolute Gasteiger partial charge is 0.416 e. The van der Waals surface area contributed by atoms with Crippen molar-refractivity contribution in [1.29, 1.82) is 0 Å². The normalized spacial score (nSPS) is 31.3. The Balaban J connectivity index is 1.45. The van der Waals surface area contributed by atoms with Gasteiger partial charge in [0.1, 0.15) is 0 Å². The number of piperazine rings is 1. The van der Waals surface area contributed by atoms with E-state index < -0.39 is 11.7 Å². The van der Waals surface area contributed by atoms with E-state index in [1.807, 2.05) is 4.90 Å². The zero-order valence-electron chi connectivity index (χ0n) is 24.0. The Bertz CT molecular complexity index is 1020. The molecule has 39 heavy (non-hydrogen) atoms. The van der Waals surface area contributed by atoms with Gasteiger partial charge in [0.15, 0.2) is 0 Å². The number of carbonyl (C=O) groups is 2. The predicted molar refractivity (Wildman–Crippen MR) is 146 cm³/mol. The van der Waals surface area contributed by atoms with Crippen molar-refractivity contribution in [3.63, 3.8) is 0 Å². The zero-order valence-corrected chi connectivity index (χ0v) is 24.0. The van der Waals surface area contributed by atoms with Gasteiger partial charge in [-0.15, -0.1) is 0 Å². The highest BCUT2D eigenvalue weighted by Crippen LogP contribution is 2.61. The number of nitrogens with one attached hydrogen (secondary N) is 2. The average molecular weight is 551 g/mol. The summed E-state index contributed by atoms with van der Waals surface area (Å²) < 4.78 is 38.7. The molecule has 0 aromatic heterocycles. The molecule has 0 spiro atoms. The maximum atomic E-state index is 13.2. The van der Waals surface area contributed by atoms with Gasteiger partial charge in [-0.05, 0) is 85.6 Å². The highest BCUT2D eigenvalue weighted by Gasteiger charge is 2.56. The smallest absolute Gasteiger partial charge is 0.352 e. The molecule has 1 aromatic rings. The van der Waals surface area contributed by atoms with E-state index in [0.29, 0.717) is 18.4 Å². The van der Waals surface area contributed by atoms with Crippen molar-refractivity contribution in [2.45, 2.75) is 72.0 Å². The maximum Gasteiger partial charge on any atom is 0.416 e. The Morgan fingerprint density at radius 2 is 1.67 bits per heavy atom. The van der Waals surface area contributed by atoms with E-state index in [1.165, 1.54) is 18.6 Å². The molecule has 1 aromatic carbocycles. The van der Waals surface area contributed by atoms with Crippen LogP contribution >= 0.6 is 0 Å². The Kier molecular flexibility index (Phi) is 8.60. The number of fused-ring (bicyclic) bond motifs is 1. The summed E-state index contributed by atoms with van der Waals surface area (Å²) in [6, 6.07) is 4.43. The topological polar surface area (TPSA) is 64.7 Å². The van der Waals surface area contributed by atoms with Gasteiger partial charge < -0.3 is 20.4 Å². The lowest BCUT2D eigenvalue weighted by Gasteiger charge is -2.61. The molecule has 9 heteroatoms. The summed E-state index contributed by atoms with van der Waals surface area (Å²) in [5.74, 6) is 0.613. The third-order valence-electron chi connectivity index (χ3n) is 10.2. The lowest BCUT2D eigenvalue weighted by Crippen LogP contribution is -2.61. The number of rotatable bonds is 5. The predicted octanol–water partition coefficient (Wildman–Crippen LogP) is 5.64. The number of hydrogen-bond acceptors (Lipinski definition) is 3. The molecule has 218 valence electrons. The van der Waals surface area contributed by atoms with Crippen LogP contribution in [0, 0.1) is 28.6 Å². The van der Waals surface area contributed by atoms with E-state index in [9.17, 15) is 22.8 Å². The minimum Gasteiger partial charge on any atom is -0.352 e. The molecular weight excluding hydrogens is 505 g/mol. The number of carbonyl (C=O) groups excluding carboxylic acids is 2. The summed E-state index contributed by atoms with van der Waals surface area (Å²) >= 11 is 0. The molecule has 2 saturated carbocycles. The standard InChI is InChI=1S/C30H45F3N4O2/c1-20-23(11-14-34-26(38)21-7-9-22(10-8-21)30(31,32)33)29(4)13-6-12-28(2,3)25(29)19-24(20)35-27(39)37-17-15-36(5)16-18-37/h7-10,20,23-25H,6,11-19H2,1-5H3,(H,34,38)(H,35,39)/t20-,23+,24-,25?,29-/m1/s1. The third kappa shape index (κ3) is 6.39. The van der Waals surface area contributed by atoms with Crippen LogP contribution in [-0.4, -0.2) is 67.6 Å². The molecule has 3 fully saturated rings. The van der Waals surface area contributed by atoms with Crippen LogP contribution < -0.4 is 10.6 Å². The fraction of sp³-hybridized carbons (Fsp3) is 0.733. The summed E-state index contributed by atoms with van der Waals surface area (Å²) in [5.41, 5.74) is -0.292. The van der Waals surface area contributed by atoms with Gasteiger partial charge in [0, 0.05) is 44.3 Å². The van der Waals surface area contributed by atoms with Crippen molar-refractivity contribution >= 4 is 11.9 Å². The fourth-order valence-electron chi connectivity index (χ4n) is 7.84. The molecular formula is C30H45F3N4O2. The third-order valence-corrected chi connectivity index (χ3v) is 10.2. The number of benzene rings is 1. The molecule has 0 radical (unpaired) electrons. The number of amides is 3. The quantitative estimate of drug-likeness (QED) is 0.499. The summed E-state index contributed by atoms with van der Waals surface area (Å²) in [6.45, 7) is 13.0. The Morgan fingerprint density at radius 3 is 2.28 bits per heavy atom. The first-order chi connectivity index (χ1) is 18.2. The second kappa shape index (κ2) is 11.3. The van der Waals surface area contributed by atoms with Crippen LogP contribution in [0.15, 0.2) is 24.3 Å². The minimum absolute atomic E-state index is 0.0199. The van der Waals surface area contributed by atoms with Crippen LogP contribution in [-0.2, 0) is 6.18 Å². The lowest BCUT2D eigenvalue weighted by molar-refractivity contribution is -0.137. The first-order valence-corrected chi connectivity index (χ1v) is 14.4. The summed E-state index contributed by atoms with van der Waals surface area (Å²) in [4.78, 5) is 30.1. The van der Waals surface area contributed by atoms with Crippen LogP contribution in [0.4, 0.5) is 18.0 Å². The van der Waals surface area contributed by atoms with Gasteiger partial charge in [-0.1, -0.05) is 34.1 Å². The van der Waals surface area contributed by atoms with E-state index in [1.54, 1.807) is 0 Å². The van der Waals surface area contributed by atoms with E-state index in [2.05, 4.69) is 50.3 Å². The van der Waals surface area contributed by atoms with Gasteiger partial charge >= 0.3 is 12.2 Å². The van der Waals surface area contributed by atoms with Gasteiger partial charge in [-0.25, -0.2) is 4.79 Å². The molecule has 1 unspecified atom stereocenters. The molecule has 2 aliphatic carbocycles. The molecule has 2 N–H and O–H groups in total. The van der Waals surface area contributed by atoms with Gasteiger partial charge in [0.2, 0.25) is 0 Å². The average Bonchev–Trinajstić information content (AvgIpc) is 2.86. The number of urea groups is 1. The molecule has 1 saturated heterocycles. The number of halogens is 3. The summed E-state index contributed by atoms with van der Waals surface area (Å²) in [7, 11) is 2.07. The second-order valence-corrected chi connectivity index (χ2v) is 13.1. The molecule has 3 aliphatic rings.